The summed E-state index contributed by atoms with van der Waals surface area (Å²) in [6.45, 7) is 0.864. The highest BCUT2D eigenvalue weighted by atomic mass is 31.1. The van der Waals surface area contributed by atoms with Crippen LogP contribution in [0.1, 0.15) is 0 Å². The molecule has 0 aliphatic heterocycles. The van der Waals surface area contributed by atoms with Crippen LogP contribution in [0.15, 0.2) is 18.2 Å². The zero-order chi connectivity index (χ0) is 14.6. The minimum absolute atomic E-state index is 0.114. The second-order valence-electron chi connectivity index (χ2n) is 5.07. The summed E-state index contributed by atoms with van der Waals surface area (Å²) in [5, 5.41) is 10.3. The van der Waals surface area contributed by atoms with Gasteiger partial charge in [-0.3, -0.25) is 14.7 Å². The van der Waals surface area contributed by atoms with Crippen LogP contribution in [0.2, 0.25) is 0 Å². The van der Waals surface area contributed by atoms with Crippen LogP contribution >= 0.6 is 8.03 Å². The number of hydrogen-bond donors (Lipinski definition) is 0. The molecule has 1 atom stereocenters. The molecule has 0 saturated carbocycles. The van der Waals surface area contributed by atoms with Gasteiger partial charge in [0.15, 0.2) is 0 Å². The second-order valence-corrected chi connectivity index (χ2v) is 6.47. The fourth-order valence-electron chi connectivity index (χ4n) is 1.27. The summed E-state index contributed by atoms with van der Waals surface area (Å²) in [4.78, 5) is 9.75. The summed E-state index contributed by atoms with van der Waals surface area (Å²) in [7, 11) is 3.14. The van der Waals surface area contributed by atoms with E-state index in [2.05, 4.69) is 0 Å². The van der Waals surface area contributed by atoms with Crippen molar-refractivity contribution in [2.75, 3.05) is 34.3 Å². The van der Waals surface area contributed by atoms with Gasteiger partial charge in [-0.1, -0.05) is 0 Å². The monoisotopic (exact) mass is 291 g/mol. The largest absolute Gasteiger partial charge is 0.329 e. The van der Waals surface area contributed by atoms with Crippen LogP contribution in [0.25, 0.3) is 0 Å². The maximum absolute atomic E-state index is 13.6. The predicted octanol–water partition coefficient (Wildman–Crippen LogP) is 1.56. The molecule has 1 aromatic carbocycles. The Morgan fingerprint density at radius 1 is 1.42 bits per heavy atom. The Morgan fingerprint density at radius 3 is 2.53 bits per heavy atom. The number of nitrogens with zero attached hydrogens (tertiary/aromatic N) is 2. The van der Waals surface area contributed by atoms with Crippen molar-refractivity contribution in [3.63, 3.8) is 0 Å². The normalized spacial score (nSPS) is 13.3. The lowest BCUT2D eigenvalue weighted by Gasteiger charge is -2.23. The lowest BCUT2D eigenvalue weighted by atomic mass is 10.3. The maximum Gasteiger partial charge on any atom is 0.272 e. The summed E-state index contributed by atoms with van der Waals surface area (Å²) in [5.74, 6) is -0.872. The maximum atomic E-state index is 13.6. The van der Waals surface area contributed by atoms with Crippen LogP contribution in [0.3, 0.4) is 0 Å². The molecule has 1 rings (SSSR count). The molecule has 0 bridgehead atoms. The summed E-state index contributed by atoms with van der Waals surface area (Å²) < 4.78 is 31.1. The molecule has 1 unspecified atom stereocenters. The molecule has 0 fully saturated rings. The summed E-state index contributed by atoms with van der Waals surface area (Å²) in [6, 6.07) is 3.01. The van der Waals surface area contributed by atoms with E-state index in [4.69, 9.17) is 4.52 Å². The van der Waals surface area contributed by atoms with Gasteiger partial charge >= 0.3 is 0 Å². The molecule has 8 heteroatoms. The molecule has 0 saturated heterocycles. The van der Waals surface area contributed by atoms with Crippen molar-refractivity contribution < 1.29 is 22.9 Å². The van der Waals surface area contributed by atoms with Crippen LogP contribution in [0.5, 0.6) is 0 Å². The molecule has 19 heavy (non-hydrogen) atoms. The van der Waals surface area contributed by atoms with E-state index in [1.54, 1.807) is 0 Å². The molecule has 106 valence electrons. The minimum atomic E-state index is -2.72. The van der Waals surface area contributed by atoms with Gasteiger partial charge < -0.3 is 9.01 Å². The summed E-state index contributed by atoms with van der Waals surface area (Å²) in [5.41, 5.74) is -0.373. The van der Waals surface area contributed by atoms with Gasteiger partial charge in [0.05, 0.1) is 37.4 Å². The van der Waals surface area contributed by atoms with Crippen molar-refractivity contribution in [3.05, 3.63) is 34.1 Å². The first-order chi connectivity index (χ1) is 8.70. The Bertz CT molecular complexity index is 502. The number of nitro benzene ring substituents is 1. The lowest BCUT2D eigenvalue weighted by Crippen LogP contribution is -2.37. The quantitative estimate of drug-likeness (QED) is 0.345. The average Bonchev–Trinajstić information content (AvgIpc) is 2.26. The zero-order valence-electron chi connectivity index (χ0n) is 11.1. The first kappa shape index (κ1) is 15.8. The number of likely N-dealkylation sites (N-methyl/N-ethyl adjacent to an activating group) is 1. The third-order valence-corrected chi connectivity index (χ3v) is 3.69. The van der Waals surface area contributed by atoms with Crippen molar-refractivity contribution in [1.29, 1.82) is 0 Å². The Labute approximate surface area is 111 Å². The molecule has 0 aliphatic rings. The van der Waals surface area contributed by atoms with Crippen LogP contribution in [0, 0.1) is 15.9 Å². The Hall–Kier alpha value is -1.30. The van der Waals surface area contributed by atoms with E-state index in [9.17, 15) is 19.1 Å². The summed E-state index contributed by atoms with van der Waals surface area (Å²) >= 11 is 0. The molecule has 0 heterocycles. The molecular formula is C11H17FN2O4P+. The van der Waals surface area contributed by atoms with E-state index in [-0.39, 0.29) is 17.6 Å². The van der Waals surface area contributed by atoms with Gasteiger partial charge in [0.25, 0.3) is 5.69 Å². The minimum Gasteiger partial charge on any atom is -0.329 e. The highest BCUT2D eigenvalue weighted by Gasteiger charge is 2.16. The Morgan fingerprint density at radius 2 is 2.05 bits per heavy atom. The van der Waals surface area contributed by atoms with Crippen LogP contribution < -0.4 is 5.30 Å². The van der Waals surface area contributed by atoms with E-state index in [0.717, 1.165) is 18.2 Å². The average molecular weight is 291 g/mol. The molecule has 0 spiro atoms. The number of hydrogen-bond acceptors (Lipinski definition) is 4. The first-order valence-electron chi connectivity index (χ1n) is 5.62. The zero-order valence-corrected chi connectivity index (χ0v) is 12.1. The van der Waals surface area contributed by atoms with Gasteiger partial charge in [-0.05, 0) is 6.07 Å². The topological polar surface area (TPSA) is 69.4 Å². The van der Waals surface area contributed by atoms with Crippen LogP contribution in [0.4, 0.5) is 10.1 Å². The van der Waals surface area contributed by atoms with E-state index in [1.807, 2.05) is 21.1 Å². The fourth-order valence-corrected chi connectivity index (χ4v) is 2.19. The Kier molecular flexibility index (Phi) is 5.17. The molecular weight excluding hydrogens is 274 g/mol. The summed E-state index contributed by atoms with van der Waals surface area (Å²) in [6.07, 6.45) is 0. The van der Waals surface area contributed by atoms with Crippen molar-refractivity contribution in [1.82, 2.24) is 0 Å². The number of quaternary nitrogens is 1. The van der Waals surface area contributed by atoms with E-state index in [1.165, 1.54) is 0 Å². The Balaban J connectivity index is 2.70. The highest BCUT2D eigenvalue weighted by Crippen LogP contribution is 2.25. The molecule has 6 nitrogen and oxygen atoms in total. The number of non-ortho nitro benzene ring substituents is 1. The van der Waals surface area contributed by atoms with E-state index in [0.29, 0.717) is 11.0 Å². The number of nitro groups is 1. The molecule has 0 radical (unpaired) electrons. The van der Waals surface area contributed by atoms with E-state index >= 15 is 0 Å². The number of benzene rings is 1. The van der Waals surface area contributed by atoms with Crippen LogP contribution in [-0.4, -0.2) is 43.7 Å². The number of rotatable bonds is 6. The second kappa shape index (κ2) is 6.23. The van der Waals surface area contributed by atoms with Gasteiger partial charge in [-0.25, -0.2) is 4.39 Å². The third-order valence-electron chi connectivity index (χ3n) is 2.38. The first-order valence-corrected chi connectivity index (χ1v) is 6.94. The lowest BCUT2D eigenvalue weighted by molar-refractivity contribution is -0.870. The third kappa shape index (κ3) is 5.06. The van der Waals surface area contributed by atoms with Gasteiger partial charge in [-0.15, -0.1) is 0 Å². The molecule has 0 aliphatic carbocycles. The van der Waals surface area contributed by atoms with Crippen molar-refractivity contribution in [2.24, 2.45) is 0 Å². The predicted molar refractivity (Wildman–Crippen MR) is 70.5 cm³/mol. The highest BCUT2D eigenvalue weighted by molar-refractivity contribution is 7.48. The van der Waals surface area contributed by atoms with Gasteiger partial charge in [0, 0.05) is 6.07 Å². The smallest absolute Gasteiger partial charge is 0.272 e. The molecule has 0 N–H and O–H groups in total. The van der Waals surface area contributed by atoms with Gasteiger partial charge in [0.2, 0.25) is 8.03 Å². The van der Waals surface area contributed by atoms with Crippen LogP contribution in [-0.2, 0) is 9.09 Å². The van der Waals surface area contributed by atoms with E-state index < -0.39 is 18.8 Å². The molecule has 1 aromatic rings. The fraction of sp³-hybridized carbons (Fsp3) is 0.455. The SMILES string of the molecule is C[N+](C)(C)CCO[PH](=O)c1ccc([N+](=O)[O-])cc1F. The van der Waals surface area contributed by atoms with Crippen molar-refractivity contribution in [2.45, 2.75) is 0 Å². The van der Waals surface area contributed by atoms with Crippen molar-refractivity contribution in [3.8, 4) is 0 Å². The van der Waals surface area contributed by atoms with Crippen molar-refractivity contribution >= 4 is 19.0 Å². The standard InChI is InChI=1S/C11H17FN2O4P/c1-14(2,3)6-7-18-19(17)11-5-4-9(13(15)16)8-10(11)12/h4-5,8,19H,6-7H2,1-3H3/q+1. The molecule has 0 aromatic heterocycles. The molecule has 0 amide bonds. The van der Waals surface area contributed by atoms with Gasteiger partial charge in [-0.2, -0.15) is 0 Å². The number of halogens is 1. The van der Waals surface area contributed by atoms with Gasteiger partial charge in [0.1, 0.15) is 19.0 Å².